The van der Waals surface area contributed by atoms with Gasteiger partial charge in [0, 0.05) is 10.9 Å². The van der Waals surface area contributed by atoms with Crippen molar-refractivity contribution in [3.05, 3.63) is 0 Å². The van der Waals surface area contributed by atoms with Crippen molar-refractivity contribution >= 4 is 21.3 Å². The zero-order chi connectivity index (χ0) is 20.2. The van der Waals surface area contributed by atoms with Crippen LogP contribution in [0.5, 0.6) is 0 Å². The molecule has 0 aliphatic carbocycles. The molecule has 0 saturated carbocycles. The SMILES string of the molecule is O=S(=O)(O)O[C@H]([C@@H](O)[C@H](O)[C@H](O)CO)[C@H](O)C[S+]1C[C@@H](O)[C@H](O)[C@H]1CO. The Balaban J connectivity index is 2.95. The number of aliphatic hydroxyl groups is 8. The Morgan fingerprint density at radius 1 is 1.04 bits per heavy atom. The van der Waals surface area contributed by atoms with Gasteiger partial charge in [-0.1, -0.05) is 0 Å². The molecular formula is C12H25O12S2+. The van der Waals surface area contributed by atoms with Crippen molar-refractivity contribution in [3.8, 4) is 0 Å². The lowest BCUT2D eigenvalue weighted by molar-refractivity contribution is -0.129. The third-order valence-electron chi connectivity index (χ3n) is 4.03. The van der Waals surface area contributed by atoms with E-state index in [2.05, 4.69) is 4.18 Å². The maximum Gasteiger partial charge on any atom is 0.397 e. The average molecular weight is 425 g/mol. The normalized spacial score (nSPS) is 32.8. The molecule has 0 amide bonds. The first-order chi connectivity index (χ1) is 11.9. The van der Waals surface area contributed by atoms with Crippen molar-refractivity contribution in [1.82, 2.24) is 0 Å². The molecule has 1 rings (SSSR count). The van der Waals surface area contributed by atoms with Gasteiger partial charge in [-0.15, -0.1) is 0 Å². The summed E-state index contributed by atoms with van der Waals surface area (Å²) < 4.78 is 35.0. The lowest BCUT2D eigenvalue weighted by atomic mass is 10.0. The van der Waals surface area contributed by atoms with Gasteiger partial charge in [-0.3, -0.25) is 4.55 Å². The standard InChI is InChI=1S/C12H24O12S2/c13-1-5(15)10(19)11(20)12(24-26(21,22)23)7(17)4-25-3-6(16)9(18)8(25)2-14/h5-20H,1-4H2/p+1/t5-,6-,7-,8-,9+,10-,11+,12+,25?/m1/s1. The molecule has 1 unspecified atom stereocenters. The summed E-state index contributed by atoms with van der Waals surface area (Å²) in [5.74, 6) is -0.363. The Hall–Kier alpha value is -0.100. The largest absolute Gasteiger partial charge is 0.397 e. The molecule has 0 aromatic heterocycles. The second-order valence-electron chi connectivity index (χ2n) is 5.94. The molecule has 0 aromatic rings. The highest BCUT2D eigenvalue weighted by Crippen LogP contribution is 2.26. The predicted molar refractivity (Wildman–Crippen MR) is 87.5 cm³/mol. The first-order valence-electron chi connectivity index (χ1n) is 7.55. The van der Waals surface area contributed by atoms with Crippen LogP contribution < -0.4 is 0 Å². The molecule has 9 atom stereocenters. The van der Waals surface area contributed by atoms with Crippen molar-refractivity contribution in [2.45, 2.75) is 48.0 Å². The molecule has 1 fully saturated rings. The van der Waals surface area contributed by atoms with E-state index < -0.39 is 82.5 Å². The van der Waals surface area contributed by atoms with Gasteiger partial charge in [-0.25, -0.2) is 4.18 Å². The third-order valence-corrected chi connectivity index (χ3v) is 7.32. The van der Waals surface area contributed by atoms with E-state index in [-0.39, 0.29) is 11.5 Å². The van der Waals surface area contributed by atoms with Gasteiger partial charge in [0.25, 0.3) is 0 Å². The zero-order valence-electron chi connectivity index (χ0n) is 13.5. The van der Waals surface area contributed by atoms with E-state index in [9.17, 15) is 44.2 Å². The summed E-state index contributed by atoms with van der Waals surface area (Å²) in [6, 6.07) is 0. The first-order valence-corrected chi connectivity index (χ1v) is 10.5. The molecule has 9 N–H and O–H groups in total. The van der Waals surface area contributed by atoms with Crippen LogP contribution in [0.3, 0.4) is 0 Å². The highest BCUT2D eigenvalue weighted by atomic mass is 32.3. The van der Waals surface area contributed by atoms with Crippen LogP contribution in [0.25, 0.3) is 0 Å². The lowest BCUT2D eigenvalue weighted by Crippen LogP contribution is -2.53. The van der Waals surface area contributed by atoms with Crippen molar-refractivity contribution in [2.75, 3.05) is 24.7 Å². The van der Waals surface area contributed by atoms with Gasteiger partial charge in [-0.05, 0) is 0 Å². The molecule has 12 nitrogen and oxygen atoms in total. The maximum atomic E-state index is 11.0. The average Bonchev–Trinajstić information content (AvgIpc) is 2.82. The molecule has 1 heterocycles. The number of aliphatic hydroxyl groups excluding tert-OH is 8. The van der Waals surface area contributed by atoms with Crippen LogP contribution in [0, 0.1) is 0 Å². The fraction of sp³-hybridized carbons (Fsp3) is 1.00. The summed E-state index contributed by atoms with van der Waals surface area (Å²) in [7, 11) is -6.18. The number of hydrogen-bond acceptors (Lipinski definition) is 11. The molecule has 0 aromatic carbocycles. The lowest BCUT2D eigenvalue weighted by Gasteiger charge is -2.30. The van der Waals surface area contributed by atoms with Crippen LogP contribution in [-0.4, -0.2) is 127 Å². The van der Waals surface area contributed by atoms with E-state index in [1.807, 2.05) is 0 Å². The Labute approximate surface area is 152 Å². The molecule has 14 heteroatoms. The van der Waals surface area contributed by atoms with E-state index in [0.29, 0.717) is 0 Å². The van der Waals surface area contributed by atoms with Gasteiger partial charge in [-0.2, -0.15) is 8.42 Å². The van der Waals surface area contributed by atoms with Crippen LogP contribution in [0.1, 0.15) is 0 Å². The molecule has 0 bridgehead atoms. The Morgan fingerprint density at radius 3 is 2.08 bits per heavy atom. The fourth-order valence-corrected chi connectivity index (χ4v) is 5.83. The van der Waals surface area contributed by atoms with Crippen molar-refractivity contribution in [1.29, 1.82) is 0 Å². The summed E-state index contributed by atoms with van der Waals surface area (Å²) >= 11 is 0. The fourth-order valence-electron chi connectivity index (χ4n) is 2.62. The molecule has 26 heavy (non-hydrogen) atoms. The van der Waals surface area contributed by atoms with E-state index in [1.54, 1.807) is 0 Å². The zero-order valence-corrected chi connectivity index (χ0v) is 15.1. The second kappa shape index (κ2) is 9.90. The topological polar surface area (TPSA) is 225 Å². The number of hydrogen-bond donors (Lipinski definition) is 9. The van der Waals surface area contributed by atoms with E-state index in [4.69, 9.17) is 9.66 Å². The third kappa shape index (κ3) is 6.22. The summed E-state index contributed by atoms with van der Waals surface area (Å²) in [5, 5.41) is 76.0. The Kier molecular flexibility index (Phi) is 9.12. The van der Waals surface area contributed by atoms with Gasteiger partial charge in [0.05, 0.1) is 13.2 Å². The molecule has 0 spiro atoms. The monoisotopic (exact) mass is 425 g/mol. The summed E-state index contributed by atoms with van der Waals surface area (Å²) in [5.41, 5.74) is 0. The molecule has 1 saturated heterocycles. The minimum absolute atomic E-state index is 0.0139. The van der Waals surface area contributed by atoms with Crippen LogP contribution >= 0.6 is 0 Å². The quantitative estimate of drug-likeness (QED) is 0.118. The van der Waals surface area contributed by atoms with E-state index in [0.717, 1.165) is 0 Å². The van der Waals surface area contributed by atoms with Gasteiger partial charge in [0.2, 0.25) is 0 Å². The van der Waals surface area contributed by atoms with Crippen molar-refractivity contribution in [3.63, 3.8) is 0 Å². The minimum Gasteiger partial charge on any atom is -0.394 e. The van der Waals surface area contributed by atoms with Crippen LogP contribution in [0.2, 0.25) is 0 Å². The molecule has 0 radical (unpaired) electrons. The molecule has 1 aliphatic heterocycles. The van der Waals surface area contributed by atoms with Crippen LogP contribution in [-0.2, 0) is 25.5 Å². The van der Waals surface area contributed by atoms with Crippen molar-refractivity contribution < 1.29 is 58.0 Å². The smallest absolute Gasteiger partial charge is 0.394 e. The van der Waals surface area contributed by atoms with Gasteiger partial charge in [0.15, 0.2) is 5.25 Å². The van der Waals surface area contributed by atoms with Gasteiger partial charge in [0.1, 0.15) is 54.2 Å². The second-order valence-corrected chi connectivity index (χ2v) is 9.33. The van der Waals surface area contributed by atoms with E-state index in [1.165, 1.54) is 0 Å². The van der Waals surface area contributed by atoms with Crippen LogP contribution in [0.15, 0.2) is 0 Å². The Morgan fingerprint density at radius 2 is 1.62 bits per heavy atom. The summed E-state index contributed by atoms with van der Waals surface area (Å²) in [6.07, 6.45) is -12.6. The molecule has 156 valence electrons. The van der Waals surface area contributed by atoms with Crippen molar-refractivity contribution in [2.24, 2.45) is 0 Å². The van der Waals surface area contributed by atoms with Gasteiger partial charge < -0.3 is 40.9 Å². The highest BCUT2D eigenvalue weighted by Gasteiger charge is 2.52. The van der Waals surface area contributed by atoms with E-state index >= 15 is 0 Å². The maximum absolute atomic E-state index is 11.0. The van der Waals surface area contributed by atoms with Crippen LogP contribution in [0.4, 0.5) is 0 Å². The first kappa shape index (κ1) is 23.9. The summed E-state index contributed by atoms with van der Waals surface area (Å²) in [4.78, 5) is 0. The predicted octanol–water partition coefficient (Wildman–Crippen LogP) is -5.68. The number of rotatable bonds is 10. The molecular weight excluding hydrogens is 400 g/mol. The Bertz CT molecular complexity index is 530. The van der Waals surface area contributed by atoms with Gasteiger partial charge >= 0.3 is 10.4 Å². The molecule has 1 aliphatic rings. The minimum atomic E-state index is -5.17. The highest BCUT2D eigenvalue weighted by molar-refractivity contribution is 7.97. The summed E-state index contributed by atoms with van der Waals surface area (Å²) in [6.45, 7) is -1.51.